The Morgan fingerprint density at radius 1 is 1.14 bits per heavy atom. The largest absolute Gasteiger partial charge is 0.340 e. The number of amides is 1. The lowest BCUT2D eigenvalue weighted by molar-refractivity contribution is -0.134. The minimum Gasteiger partial charge on any atom is -0.340 e. The Labute approximate surface area is 133 Å². The van der Waals surface area contributed by atoms with E-state index in [1.807, 2.05) is 0 Å². The average Bonchev–Trinajstić information content (AvgIpc) is 2.57. The Morgan fingerprint density at radius 3 is 2.59 bits per heavy atom. The monoisotopic (exact) mass is 301 g/mol. The van der Waals surface area contributed by atoms with Gasteiger partial charge in [-0.15, -0.1) is 0 Å². The molecular weight excluding hydrogens is 274 g/mol. The number of benzene rings is 1. The zero-order valence-electron chi connectivity index (χ0n) is 13.8. The molecule has 1 aromatic rings. The third kappa shape index (κ3) is 3.18. The second kappa shape index (κ2) is 6.80. The average molecular weight is 301 g/mol. The molecule has 4 nitrogen and oxygen atoms in total. The van der Waals surface area contributed by atoms with Crippen LogP contribution in [0.5, 0.6) is 0 Å². The van der Waals surface area contributed by atoms with Gasteiger partial charge in [-0.2, -0.15) is 0 Å². The first-order chi connectivity index (χ1) is 10.7. The first-order valence-corrected chi connectivity index (χ1v) is 8.47. The molecule has 0 radical (unpaired) electrons. The number of likely N-dealkylation sites (N-methyl/N-ethyl adjacent to an activating group) is 2. The van der Waals surface area contributed by atoms with E-state index in [0.29, 0.717) is 12.3 Å². The molecule has 0 bridgehead atoms. The summed E-state index contributed by atoms with van der Waals surface area (Å²) in [4.78, 5) is 19.5. The predicted octanol–water partition coefficient (Wildman–Crippen LogP) is 1.77. The van der Waals surface area contributed by atoms with E-state index < -0.39 is 0 Å². The van der Waals surface area contributed by atoms with Gasteiger partial charge in [0, 0.05) is 45.2 Å². The van der Waals surface area contributed by atoms with Gasteiger partial charge in [-0.1, -0.05) is 31.2 Å². The van der Waals surface area contributed by atoms with Crippen molar-refractivity contribution < 1.29 is 4.79 Å². The Kier molecular flexibility index (Phi) is 4.79. The molecule has 2 aliphatic heterocycles. The third-order valence-corrected chi connectivity index (χ3v) is 5.22. The van der Waals surface area contributed by atoms with Gasteiger partial charge in [-0.05, 0) is 31.1 Å². The fourth-order valence-electron chi connectivity index (χ4n) is 3.65. The maximum Gasteiger partial charge on any atom is 0.224 e. The first-order valence-electron chi connectivity index (χ1n) is 8.47. The minimum absolute atomic E-state index is 0.238. The van der Waals surface area contributed by atoms with Crippen LogP contribution < -0.4 is 0 Å². The fourth-order valence-corrected chi connectivity index (χ4v) is 3.65. The highest BCUT2D eigenvalue weighted by molar-refractivity contribution is 5.77. The Balaban J connectivity index is 1.66. The van der Waals surface area contributed by atoms with Crippen LogP contribution in [0, 0.1) is 0 Å². The standard InChI is InChI=1S/C18H27N3O/c1-3-20-10-12-21(13-11-20)18(22)14-17-16-7-5-4-6-15(16)8-9-19(17)2/h4-7,17H,3,8-14H2,1-2H3/t17-/m0/s1. The Morgan fingerprint density at radius 2 is 1.86 bits per heavy atom. The highest BCUT2D eigenvalue weighted by Crippen LogP contribution is 2.31. The van der Waals surface area contributed by atoms with E-state index in [9.17, 15) is 4.79 Å². The summed E-state index contributed by atoms with van der Waals surface area (Å²) in [5.74, 6) is 0.310. The molecule has 120 valence electrons. The zero-order chi connectivity index (χ0) is 15.5. The molecule has 3 rings (SSSR count). The highest BCUT2D eigenvalue weighted by atomic mass is 16.2. The molecule has 2 heterocycles. The van der Waals surface area contributed by atoms with Crippen molar-refractivity contribution in [3.8, 4) is 0 Å². The van der Waals surface area contributed by atoms with Crippen LogP contribution in [0.2, 0.25) is 0 Å². The van der Waals surface area contributed by atoms with Crippen LogP contribution in [0.25, 0.3) is 0 Å². The number of piperazine rings is 1. The van der Waals surface area contributed by atoms with Crippen molar-refractivity contribution in [1.29, 1.82) is 0 Å². The summed E-state index contributed by atoms with van der Waals surface area (Å²) in [5, 5.41) is 0. The van der Waals surface area contributed by atoms with Gasteiger partial charge in [0.15, 0.2) is 0 Å². The van der Waals surface area contributed by atoms with Crippen LogP contribution in [0.3, 0.4) is 0 Å². The SMILES string of the molecule is CCN1CCN(C(=O)C[C@H]2c3ccccc3CCN2C)CC1. The molecule has 0 saturated carbocycles. The highest BCUT2D eigenvalue weighted by Gasteiger charge is 2.29. The van der Waals surface area contributed by atoms with Gasteiger partial charge in [-0.25, -0.2) is 0 Å². The fraction of sp³-hybridized carbons (Fsp3) is 0.611. The van der Waals surface area contributed by atoms with Gasteiger partial charge < -0.3 is 9.80 Å². The van der Waals surface area contributed by atoms with Crippen LogP contribution in [-0.4, -0.2) is 66.9 Å². The van der Waals surface area contributed by atoms with Crippen molar-refractivity contribution in [3.63, 3.8) is 0 Å². The number of hydrogen-bond donors (Lipinski definition) is 0. The number of rotatable bonds is 3. The molecule has 0 spiro atoms. The van der Waals surface area contributed by atoms with Gasteiger partial charge in [0.25, 0.3) is 0 Å². The van der Waals surface area contributed by atoms with Crippen LogP contribution in [0.4, 0.5) is 0 Å². The van der Waals surface area contributed by atoms with Crippen molar-refractivity contribution in [2.45, 2.75) is 25.8 Å². The summed E-state index contributed by atoms with van der Waals surface area (Å²) >= 11 is 0. The molecular formula is C18H27N3O. The van der Waals surface area contributed by atoms with Crippen molar-refractivity contribution in [2.75, 3.05) is 46.3 Å². The number of nitrogens with zero attached hydrogens (tertiary/aromatic N) is 3. The minimum atomic E-state index is 0.238. The molecule has 0 aromatic heterocycles. The Bertz CT molecular complexity index is 523. The van der Waals surface area contributed by atoms with E-state index in [1.165, 1.54) is 11.1 Å². The first kappa shape index (κ1) is 15.5. The summed E-state index contributed by atoms with van der Waals surface area (Å²) in [6.45, 7) is 8.10. The normalized spacial score (nSPS) is 23.4. The lowest BCUT2D eigenvalue weighted by Crippen LogP contribution is -2.49. The lowest BCUT2D eigenvalue weighted by atomic mass is 9.91. The summed E-state index contributed by atoms with van der Waals surface area (Å²) in [7, 11) is 2.14. The number of carbonyl (C=O) groups excluding carboxylic acids is 1. The molecule has 2 aliphatic rings. The molecule has 1 fully saturated rings. The molecule has 4 heteroatoms. The topological polar surface area (TPSA) is 26.8 Å². The van der Waals surface area contributed by atoms with E-state index >= 15 is 0 Å². The molecule has 1 aromatic carbocycles. The van der Waals surface area contributed by atoms with E-state index in [1.54, 1.807) is 0 Å². The van der Waals surface area contributed by atoms with E-state index in [-0.39, 0.29) is 6.04 Å². The summed E-state index contributed by atoms with van der Waals surface area (Å²) in [5.41, 5.74) is 2.76. The second-order valence-electron chi connectivity index (χ2n) is 6.46. The quantitative estimate of drug-likeness (QED) is 0.851. The van der Waals surface area contributed by atoms with Crippen molar-refractivity contribution in [3.05, 3.63) is 35.4 Å². The third-order valence-electron chi connectivity index (χ3n) is 5.22. The number of hydrogen-bond acceptors (Lipinski definition) is 3. The maximum atomic E-state index is 12.7. The number of fused-ring (bicyclic) bond motifs is 1. The van der Waals surface area contributed by atoms with E-state index in [0.717, 1.165) is 45.7 Å². The van der Waals surface area contributed by atoms with Crippen molar-refractivity contribution in [2.24, 2.45) is 0 Å². The van der Waals surface area contributed by atoms with Crippen molar-refractivity contribution in [1.82, 2.24) is 14.7 Å². The molecule has 22 heavy (non-hydrogen) atoms. The van der Waals surface area contributed by atoms with Crippen molar-refractivity contribution >= 4 is 5.91 Å². The molecule has 1 atom stereocenters. The molecule has 1 amide bonds. The molecule has 0 N–H and O–H groups in total. The van der Waals surface area contributed by atoms with E-state index in [2.05, 4.69) is 52.9 Å². The molecule has 1 saturated heterocycles. The van der Waals surface area contributed by atoms with Gasteiger partial charge in [-0.3, -0.25) is 9.69 Å². The zero-order valence-corrected chi connectivity index (χ0v) is 13.8. The van der Waals surface area contributed by atoms with Crippen LogP contribution >= 0.6 is 0 Å². The second-order valence-corrected chi connectivity index (χ2v) is 6.46. The summed E-state index contributed by atoms with van der Waals surface area (Å²) in [6, 6.07) is 8.84. The Hall–Kier alpha value is -1.39. The van der Waals surface area contributed by atoms with Crippen LogP contribution in [0.15, 0.2) is 24.3 Å². The van der Waals surface area contributed by atoms with Crippen LogP contribution in [0.1, 0.15) is 30.5 Å². The molecule has 0 unspecified atom stereocenters. The summed E-state index contributed by atoms with van der Waals surface area (Å²) < 4.78 is 0. The predicted molar refractivity (Wildman–Crippen MR) is 88.8 cm³/mol. The smallest absolute Gasteiger partial charge is 0.224 e. The lowest BCUT2D eigenvalue weighted by Gasteiger charge is -2.38. The maximum absolute atomic E-state index is 12.7. The van der Waals surface area contributed by atoms with Gasteiger partial charge in [0.1, 0.15) is 0 Å². The van der Waals surface area contributed by atoms with E-state index in [4.69, 9.17) is 0 Å². The van der Waals surface area contributed by atoms with Crippen LogP contribution in [-0.2, 0) is 11.2 Å². The van der Waals surface area contributed by atoms with Gasteiger partial charge in [0.2, 0.25) is 5.91 Å². The van der Waals surface area contributed by atoms with Gasteiger partial charge in [0.05, 0.1) is 0 Å². The number of carbonyl (C=O) groups is 1. The van der Waals surface area contributed by atoms with Gasteiger partial charge >= 0.3 is 0 Å². The molecule has 0 aliphatic carbocycles. The summed E-state index contributed by atoms with van der Waals surface area (Å²) in [6.07, 6.45) is 1.70.